The summed E-state index contributed by atoms with van der Waals surface area (Å²) in [7, 11) is 1.61. The molecule has 116 valence electrons. The van der Waals surface area contributed by atoms with E-state index in [4.69, 9.17) is 4.74 Å². The van der Waals surface area contributed by atoms with Crippen LogP contribution in [0.3, 0.4) is 0 Å². The lowest BCUT2D eigenvalue weighted by molar-refractivity contribution is -0.113. The number of amides is 1. The highest BCUT2D eigenvalue weighted by Gasteiger charge is 2.31. The summed E-state index contributed by atoms with van der Waals surface area (Å²) in [5, 5.41) is 0.658. The number of aliphatic imine (C=N–C) groups is 1. The van der Waals surface area contributed by atoms with E-state index in [1.165, 1.54) is 11.8 Å². The Morgan fingerprint density at radius 1 is 1.13 bits per heavy atom. The Hall–Kier alpha value is -2.53. The number of nitrogens with zero attached hydrogens (tertiary/aromatic N) is 2. The number of carbonyl (C=O) groups excluding carboxylic acids is 1. The molecular formula is C18H16N2O2S. The average Bonchev–Trinajstić information content (AvgIpc) is 2.91. The molecule has 0 spiro atoms. The van der Waals surface area contributed by atoms with Crippen LogP contribution in [0.1, 0.15) is 5.56 Å². The molecule has 4 nitrogen and oxygen atoms in total. The zero-order valence-corrected chi connectivity index (χ0v) is 13.7. The van der Waals surface area contributed by atoms with E-state index in [2.05, 4.69) is 4.99 Å². The average molecular weight is 324 g/mol. The molecule has 0 atom stereocenters. The molecule has 2 aromatic rings. The van der Waals surface area contributed by atoms with E-state index in [9.17, 15) is 4.79 Å². The van der Waals surface area contributed by atoms with Crippen molar-refractivity contribution in [3.05, 3.63) is 65.9 Å². The van der Waals surface area contributed by atoms with Gasteiger partial charge in [0.1, 0.15) is 11.4 Å². The first-order valence-corrected chi connectivity index (χ1v) is 8.33. The molecule has 2 aromatic carbocycles. The predicted molar refractivity (Wildman–Crippen MR) is 95.8 cm³/mol. The van der Waals surface area contributed by atoms with Gasteiger partial charge in [-0.2, -0.15) is 0 Å². The molecule has 0 unspecified atom stereocenters. The third-order valence-electron chi connectivity index (χ3n) is 3.43. The fraction of sp³-hybridized carbons (Fsp3) is 0.111. The number of anilines is 1. The van der Waals surface area contributed by atoms with Gasteiger partial charge in [0.2, 0.25) is 0 Å². The number of thioether (sulfide) groups is 1. The Labute approximate surface area is 139 Å². The van der Waals surface area contributed by atoms with Gasteiger partial charge in [0, 0.05) is 6.07 Å². The molecular weight excluding hydrogens is 308 g/mol. The zero-order valence-electron chi connectivity index (χ0n) is 12.9. The highest BCUT2D eigenvalue weighted by Crippen LogP contribution is 2.30. The maximum absolute atomic E-state index is 12.8. The molecule has 0 aromatic heterocycles. The van der Waals surface area contributed by atoms with E-state index in [1.807, 2.05) is 60.9 Å². The van der Waals surface area contributed by atoms with Gasteiger partial charge >= 0.3 is 0 Å². The Morgan fingerprint density at radius 3 is 2.61 bits per heavy atom. The molecule has 5 heteroatoms. The molecule has 1 heterocycles. The van der Waals surface area contributed by atoms with E-state index in [0.717, 1.165) is 11.3 Å². The van der Waals surface area contributed by atoms with Crippen LogP contribution in [0.2, 0.25) is 0 Å². The van der Waals surface area contributed by atoms with Crippen molar-refractivity contribution in [3.8, 4) is 5.75 Å². The van der Waals surface area contributed by atoms with Crippen molar-refractivity contribution in [3.63, 3.8) is 0 Å². The third kappa shape index (κ3) is 3.14. The molecule has 0 radical (unpaired) electrons. The maximum Gasteiger partial charge on any atom is 0.283 e. The molecule has 0 saturated carbocycles. The number of methoxy groups -OCH3 is 1. The van der Waals surface area contributed by atoms with Crippen LogP contribution >= 0.6 is 11.8 Å². The fourth-order valence-corrected chi connectivity index (χ4v) is 2.88. The smallest absolute Gasteiger partial charge is 0.283 e. The van der Waals surface area contributed by atoms with Crippen molar-refractivity contribution in [1.82, 2.24) is 0 Å². The number of hydrogen-bond donors (Lipinski definition) is 0. The fourth-order valence-electron chi connectivity index (χ4n) is 2.32. The van der Waals surface area contributed by atoms with Crippen LogP contribution in [0.25, 0.3) is 6.08 Å². The topological polar surface area (TPSA) is 41.9 Å². The highest BCUT2D eigenvalue weighted by atomic mass is 32.2. The van der Waals surface area contributed by atoms with Crippen LogP contribution in [0.15, 0.2) is 65.3 Å². The highest BCUT2D eigenvalue weighted by molar-refractivity contribution is 8.13. The van der Waals surface area contributed by atoms with Gasteiger partial charge in [-0.3, -0.25) is 9.69 Å². The van der Waals surface area contributed by atoms with Crippen molar-refractivity contribution >= 4 is 34.6 Å². The Balaban J connectivity index is 1.98. The largest absolute Gasteiger partial charge is 0.497 e. The summed E-state index contributed by atoms with van der Waals surface area (Å²) in [6.45, 7) is 0. The Morgan fingerprint density at radius 2 is 1.91 bits per heavy atom. The van der Waals surface area contributed by atoms with Crippen molar-refractivity contribution in [2.75, 3.05) is 18.3 Å². The minimum Gasteiger partial charge on any atom is -0.497 e. The van der Waals surface area contributed by atoms with Crippen LogP contribution in [0.5, 0.6) is 5.75 Å². The lowest BCUT2D eigenvalue weighted by atomic mass is 10.2. The van der Waals surface area contributed by atoms with Crippen LogP contribution in [-0.4, -0.2) is 24.4 Å². The molecule has 1 amide bonds. The van der Waals surface area contributed by atoms with Crippen LogP contribution in [-0.2, 0) is 4.79 Å². The number of carbonyl (C=O) groups is 1. The summed E-state index contributed by atoms with van der Waals surface area (Å²) in [5.41, 5.74) is 2.13. The molecule has 23 heavy (non-hydrogen) atoms. The maximum atomic E-state index is 12.8. The standard InChI is InChI=1S/C18H16N2O2S/c1-22-15-10-6-9-14(12-15)20-17(21)16(19-18(20)23-2)11-13-7-4-3-5-8-13/h3-12H,1-2H3/b16-11+. The van der Waals surface area contributed by atoms with E-state index in [1.54, 1.807) is 18.1 Å². The van der Waals surface area contributed by atoms with E-state index < -0.39 is 0 Å². The van der Waals surface area contributed by atoms with Crippen molar-refractivity contribution in [1.29, 1.82) is 0 Å². The molecule has 0 N–H and O–H groups in total. The number of amidine groups is 1. The molecule has 1 aliphatic heterocycles. The number of hydrogen-bond acceptors (Lipinski definition) is 4. The quantitative estimate of drug-likeness (QED) is 0.807. The molecule has 3 rings (SSSR count). The first-order valence-electron chi connectivity index (χ1n) is 7.11. The van der Waals surface area contributed by atoms with Crippen molar-refractivity contribution in [2.24, 2.45) is 4.99 Å². The van der Waals surface area contributed by atoms with Crippen molar-refractivity contribution < 1.29 is 9.53 Å². The molecule has 1 aliphatic rings. The summed E-state index contributed by atoms with van der Waals surface area (Å²) >= 11 is 1.44. The van der Waals surface area contributed by atoms with E-state index >= 15 is 0 Å². The van der Waals surface area contributed by atoms with Gasteiger partial charge in [-0.15, -0.1) is 0 Å². The van der Waals surface area contributed by atoms with Gasteiger partial charge < -0.3 is 4.74 Å². The molecule has 0 bridgehead atoms. The predicted octanol–water partition coefficient (Wildman–Crippen LogP) is 3.80. The monoisotopic (exact) mass is 324 g/mol. The van der Waals surface area contributed by atoms with Gasteiger partial charge in [0.25, 0.3) is 5.91 Å². The number of ether oxygens (including phenoxy) is 1. The summed E-state index contributed by atoms with van der Waals surface area (Å²) in [6, 6.07) is 17.1. The number of rotatable bonds is 3. The lowest BCUT2D eigenvalue weighted by Crippen LogP contribution is -2.30. The summed E-state index contributed by atoms with van der Waals surface area (Å²) < 4.78 is 5.24. The zero-order chi connectivity index (χ0) is 16.2. The Kier molecular flexibility index (Phi) is 4.48. The van der Waals surface area contributed by atoms with Gasteiger partial charge in [0.15, 0.2) is 5.17 Å². The second kappa shape index (κ2) is 6.71. The molecule has 0 aliphatic carbocycles. The molecule has 0 saturated heterocycles. The van der Waals surface area contributed by atoms with Gasteiger partial charge in [0.05, 0.1) is 12.8 Å². The van der Waals surface area contributed by atoms with Crippen LogP contribution in [0, 0.1) is 0 Å². The minimum atomic E-state index is -0.133. The SMILES string of the molecule is COc1cccc(N2C(=O)/C(=C\c3ccccc3)N=C2SC)c1. The van der Waals surface area contributed by atoms with Crippen molar-refractivity contribution in [2.45, 2.75) is 0 Å². The van der Waals surface area contributed by atoms with Gasteiger partial charge in [-0.1, -0.05) is 48.2 Å². The summed E-state index contributed by atoms with van der Waals surface area (Å²) in [6.07, 6.45) is 3.71. The lowest BCUT2D eigenvalue weighted by Gasteiger charge is -2.17. The first-order chi connectivity index (χ1) is 11.2. The summed E-state index contributed by atoms with van der Waals surface area (Å²) in [5.74, 6) is 0.572. The minimum absolute atomic E-state index is 0.133. The van der Waals surface area contributed by atoms with E-state index in [0.29, 0.717) is 16.6 Å². The van der Waals surface area contributed by atoms with E-state index in [-0.39, 0.29) is 5.91 Å². The van der Waals surface area contributed by atoms with Crippen LogP contribution < -0.4 is 9.64 Å². The third-order valence-corrected chi connectivity index (χ3v) is 4.07. The first kappa shape index (κ1) is 15.4. The second-order valence-corrected chi connectivity index (χ2v) is 5.65. The number of benzene rings is 2. The van der Waals surface area contributed by atoms with Gasteiger partial charge in [-0.05, 0) is 30.0 Å². The molecule has 0 fully saturated rings. The Bertz CT molecular complexity index is 785. The van der Waals surface area contributed by atoms with Gasteiger partial charge in [-0.25, -0.2) is 4.99 Å². The normalized spacial score (nSPS) is 15.9. The summed E-state index contributed by atoms with van der Waals surface area (Å²) in [4.78, 5) is 18.9. The van der Waals surface area contributed by atoms with Crippen LogP contribution in [0.4, 0.5) is 5.69 Å². The second-order valence-electron chi connectivity index (χ2n) is 4.88.